The van der Waals surface area contributed by atoms with Crippen LogP contribution in [0.1, 0.15) is 35.1 Å². The Morgan fingerprint density at radius 2 is 1.93 bits per heavy atom. The lowest BCUT2D eigenvalue weighted by Crippen LogP contribution is -2.30. The Bertz CT molecular complexity index is 1030. The molecule has 3 aromatic rings. The summed E-state index contributed by atoms with van der Waals surface area (Å²) in [6.07, 6.45) is 1.68. The van der Waals surface area contributed by atoms with Crippen LogP contribution in [-0.2, 0) is 0 Å². The van der Waals surface area contributed by atoms with Gasteiger partial charge in [0.1, 0.15) is 6.04 Å². The molecule has 1 aromatic heterocycles. The first-order valence-electron chi connectivity index (χ1n) is 8.99. The molecule has 5 rings (SSSR count). The summed E-state index contributed by atoms with van der Waals surface area (Å²) in [6, 6.07) is 12.7. The van der Waals surface area contributed by atoms with Crippen LogP contribution in [-0.4, -0.2) is 34.3 Å². The van der Waals surface area contributed by atoms with E-state index in [0.717, 1.165) is 22.9 Å². The third kappa shape index (κ3) is 3.03. The average Bonchev–Trinajstić information content (AvgIpc) is 3.46. The fraction of sp³-hybridized carbons (Fsp3) is 0.250. The molecule has 0 bridgehead atoms. The summed E-state index contributed by atoms with van der Waals surface area (Å²) in [6.45, 7) is 0.827. The van der Waals surface area contributed by atoms with Crippen molar-refractivity contribution in [2.45, 2.75) is 18.9 Å². The predicted octanol–water partition coefficient (Wildman–Crippen LogP) is 4.21. The van der Waals surface area contributed by atoms with Gasteiger partial charge >= 0.3 is 0 Å². The topological polar surface area (TPSA) is 77.7 Å². The zero-order valence-corrected chi connectivity index (χ0v) is 16.4. The van der Waals surface area contributed by atoms with E-state index < -0.39 is 0 Å². The van der Waals surface area contributed by atoms with Crippen LogP contribution in [0.4, 0.5) is 0 Å². The van der Waals surface area contributed by atoms with Crippen molar-refractivity contribution in [1.82, 2.24) is 15.0 Å². The summed E-state index contributed by atoms with van der Waals surface area (Å²) in [7, 11) is 0. The van der Waals surface area contributed by atoms with E-state index in [9.17, 15) is 4.79 Å². The van der Waals surface area contributed by atoms with Gasteiger partial charge in [-0.3, -0.25) is 4.79 Å². The zero-order chi connectivity index (χ0) is 19.1. The molecule has 0 radical (unpaired) electrons. The molecule has 1 atom stereocenters. The third-order valence-electron chi connectivity index (χ3n) is 4.96. The summed E-state index contributed by atoms with van der Waals surface area (Å²) >= 11 is 3.42. The van der Waals surface area contributed by atoms with Crippen molar-refractivity contribution in [3.63, 3.8) is 0 Å². The first kappa shape index (κ1) is 17.2. The van der Waals surface area contributed by atoms with Crippen molar-refractivity contribution in [3.05, 3.63) is 58.4 Å². The Balaban J connectivity index is 1.40. The molecule has 1 saturated heterocycles. The van der Waals surface area contributed by atoms with Crippen molar-refractivity contribution >= 4 is 21.8 Å². The highest BCUT2D eigenvalue weighted by molar-refractivity contribution is 9.10. The number of halogens is 1. The molecule has 28 heavy (non-hydrogen) atoms. The van der Waals surface area contributed by atoms with Crippen molar-refractivity contribution in [3.8, 4) is 22.9 Å². The molecule has 1 unspecified atom stereocenters. The number of benzene rings is 2. The van der Waals surface area contributed by atoms with Crippen molar-refractivity contribution in [2.24, 2.45) is 0 Å². The van der Waals surface area contributed by atoms with Crippen LogP contribution in [0.5, 0.6) is 11.5 Å². The first-order valence-corrected chi connectivity index (χ1v) is 9.78. The molecule has 142 valence electrons. The summed E-state index contributed by atoms with van der Waals surface area (Å²) in [5, 5.41) is 4.10. The number of hydrogen-bond donors (Lipinski definition) is 0. The largest absolute Gasteiger partial charge is 0.454 e. The Morgan fingerprint density at radius 1 is 1.11 bits per heavy atom. The summed E-state index contributed by atoms with van der Waals surface area (Å²) < 4.78 is 17.2. The second kappa shape index (κ2) is 6.94. The maximum absolute atomic E-state index is 13.1. The van der Waals surface area contributed by atoms with Gasteiger partial charge in [-0.15, -0.1) is 0 Å². The van der Waals surface area contributed by atoms with E-state index >= 15 is 0 Å². The van der Waals surface area contributed by atoms with E-state index in [2.05, 4.69) is 26.1 Å². The molecule has 0 spiro atoms. The van der Waals surface area contributed by atoms with Crippen LogP contribution in [0.2, 0.25) is 0 Å². The van der Waals surface area contributed by atoms with Gasteiger partial charge in [0.05, 0.1) is 0 Å². The van der Waals surface area contributed by atoms with E-state index in [-0.39, 0.29) is 18.7 Å². The van der Waals surface area contributed by atoms with Gasteiger partial charge < -0.3 is 18.9 Å². The Hall–Kier alpha value is -2.87. The smallest absolute Gasteiger partial charge is 0.254 e. The molecule has 2 aliphatic rings. The van der Waals surface area contributed by atoms with Crippen LogP contribution < -0.4 is 9.47 Å². The molecular formula is C20H16BrN3O4. The van der Waals surface area contributed by atoms with Gasteiger partial charge in [-0.25, -0.2) is 0 Å². The minimum atomic E-state index is -0.227. The zero-order valence-electron chi connectivity index (χ0n) is 14.8. The molecule has 0 N–H and O–H groups in total. The second-order valence-electron chi connectivity index (χ2n) is 6.69. The molecule has 1 fully saturated rings. The predicted molar refractivity (Wildman–Crippen MR) is 103 cm³/mol. The van der Waals surface area contributed by atoms with Crippen molar-refractivity contribution < 1.29 is 18.8 Å². The lowest BCUT2D eigenvalue weighted by molar-refractivity contribution is 0.0709. The van der Waals surface area contributed by atoms with Gasteiger partial charge in [-0.2, -0.15) is 4.98 Å². The highest BCUT2D eigenvalue weighted by Crippen LogP contribution is 2.36. The summed E-state index contributed by atoms with van der Waals surface area (Å²) in [4.78, 5) is 19.4. The van der Waals surface area contributed by atoms with Gasteiger partial charge in [0.15, 0.2) is 11.5 Å². The normalized spacial score (nSPS) is 17.9. The van der Waals surface area contributed by atoms with Crippen LogP contribution in [0.15, 0.2) is 51.5 Å². The number of ether oxygens (including phenoxy) is 2. The molecule has 8 heteroatoms. The summed E-state index contributed by atoms with van der Waals surface area (Å²) in [5.41, 5.74) is 1.42. The van der Waals surface area contributed by atoms with E-state index in [1.165, 1.54) is 0 Å². The maximum atomic E-state index is 13.1. The van der Waals surface area contributed by atoms with E-state index in [0.29, 0.717) is 35.3 Å². The monoisotopic (exact) mass is 441 g/mol. The highest BCUT2D eigenvalue weighted by Gasteiger charge is 2.35. The van der Waals surface area contributed by atoms with Gasteiger partial charge in [-0.05, 0) is 55.3 Å². The second-order valence-corrected chi connectivity index (χ2v) is 7.60. The quantitative estimate of drug-likeness (QED) is 0.605. The number of aromatic nitrogens is 2. The number of amides is 1. The van der Waals surface area contributed by atoms with Gasteiger partial charge in [0.25, 0.3) is 5.91 Å². The Morgan fingerprint density at radius 3 is 2.79 bits per heavy atom. The van der Waals surface area contributed by atoms with Crippen LogP contribution in [0.3, 0.4) is 0 Å². The molecule has 3 heterocycles. The van der Waals surface area contributed by atoms with E-state index in [1.54, 1.807) is 23.1 Å². The molecule has 1 amide bonds. The molecule has 2 aliphatic heterocycles. The first-order chi connectivity index (χ1) is 13.7. The number of likely N-dealkylation sites (tertiary alicyclic amines) is 1. The van der Waals surface area contributed by atoms with Crippen LogP contribution >= 0.6 is 15.9 Å². The van der Waals surface area contributed by atoms with Crippen molar-refractivity contribution in [2.75, 3.05) is 13.3 Å². The Labute approximate surface area is 169 Å². The fourth-order valence-electron chi connectivity index (χ4n) is 3.55. The number of carbonyl (C=O) groups excluding carboxylic acids is 1. The molecule has 2 aromatic carbocycles. The van der Waals surface area contributed by atoms with Gasteiger partial charge in [0.2, 0.25) is 18.5 Å². The minimum absolute atomic E-state index is 0.0795. The number of fused-ring (bicyclic) bond motifs is 1. The van der Waals surface area contributed by atoms with E-state index in [1.807, 2.05) is 24.3 Å². The van der Waals surface area contributed by atoms with Crippen molar-refractivity contribution in [1.29, 1.82) is 0 Å². The standard InChI is InChI=1S/C20H16BrN3O4/c21-14-6-3-12(4-7-14)18-22-19(28-23-18)15-2-1-9-24(15)20(25)13-5-8-16-17(10-13)27-11-26-16/h3-8,10,15H,1-2,9,11H2. The lowest BCUT2D eigenvalue weighted by Gasteiger charge is -2.22. The van der Waals surface area contributed by atoms with Crippen LogP contribution in [0.25, 0.3) is 11.4 Å². The fourth-order valence-corrected chi connectivity index (χ4v) is 3.81. The molecule has 0 aliphatic carbocycles. The third-order valence-corrected chi connectivity index (χ3v) is 5.49. The number of hydrogen-bond acceptors (Lipinski definition) is 6. The maximum Gasteiger partial charge on any atom is 0.254 e. The molecule has 0 saturated carbocycles. The lowest BCUT2D eigenvalue weighted by atomic mass is 10.1. The average molecular weight is 442 g/mol. The molecular weight excluding hydrogens is 426 g/mol. The minimum Gasteiger partial charge on any atom is -0.454 e. The van der Waals surface area contributed by atoms with E-state index in [4.69, 9.17) is 14.0 Å². The summed E-state index contributed by atoms with van der Waals surface area (Å²) in [5.74, 6) is 2.15. The Kier molecular flexibility index (Phi) is 4.27. The SMILES string of the molecule is O=C(c1ccc2c(c1)OCO2)N1CCCC1c1nc(-c2ccc(Br)cc2)no1. The van der Waals surface area contributed by atoms with Gasteiger partial charge in [0, 0.05) is 22.1 Å². The van der Waals surface area contributed by atoms with Crippen LogP contribution in [0, 0.1) is 0 Å². The highest BCUT2D eigenvalue weighted by atomic mass is 79.9. The van der Waals surface area contributed by atoms with Gasteiger partial charge in [-0.1, -0.05) is 21.1 Å². The molecule has 7 nitrogen and oxygen atoms in total. The number of carbonyl (C=O) groups is 1. The number of nitrogens with zero attached hydrogens (tertiary/aromatic N) is 3. The number of rotatable bonds is 3.